The summed E-state index contributed by atoms with van der Waals surface area (Å²) in [5, 5.41) is 1.50. The van der Waals surface area contributed by atoms with E-state index in [-0.39, 0.29) is 24.6 Å². The Morgan fingerprint density at radius 3 is 2.28 bits per heavy atom. The standard InChI is InChI=1S/C22H21N5O2/c1-14-16-8-4-6-10-18(16)25-20(23-14)12-26(3)21(28)13-27-15(2)24-19-11-7-5-9-17(19)22(27)29/h4-11H,12-13H2,1-3H3. The number of aromatic nitrogens is 4. The number of nitrogens with zero attached hydrogens (tertiary/aromatic N) is 5. The van der Waals surface area contributed by atoms with Gasteiger partial charge in [-0.2, -0.15) is 0 Å². The number of rotatable bonds is 4. The van der Waals surface area contributed by atoms with Crippen molar-refractivity contribution in [3.05, 3.63) is 76.2 Å². The molecule has 0 atom stereocenters. The highest BCUT2D eigenvalue weighted by molar-refractivity contribution is 5.81. The smallest absolute Gasteiger partial charge is 0.261 e. The zero-order valence-electron chi connectivity index (χ0n) is 16.6. The lowest BCUT2D eigenvalue weighted by atomic mass is 10.2. The van der Waals surface area contributed by atoms with E-state index in [0.717, 1.165) is 16.6 Å². The molecule has 29 heavy (non-hydrogen) atoms. The van der Waals surface area contributed by atoms with E-state index in [1.807, 2.05) is 37.3 Å². The Hall–Kier alpha value is -3.61. The Morgan fingerprint density at radius 1 is 0.931 bits per heavy atom. The van der Waals surface area contributed by atoms with Crippen LogP contribution in [0.2, 0.25) is 0 Å². The number of fused-ring (bicyclic) bond motifs is 2. The van der Waals surface area contributed by atoms with Crippen molar-refractivity contribution in [1.82, 2.24) is 24.4 Å². The van der Waals surface area contributed by atoms with E-state index < -0.39 is 0 Å². The Labute approximate surface area is 167 Å². The van der Waals surface area contributed by atoms with Crippen LogP contribution in [0, 0.1) is 13.8 Å². The molecule has 146 valence electrons. The first kappa shape index (κ1) is 18.7. The lowest BCUT2D eigenvalue weighted by molar-refractivity contribution is -0.131. The molecule has 0 fully saturated rings. The fraction of sp³-hybridized carbons (Fsp3) is 0.227. The normalized spacial score (nSPS) is 11.1. The minimum Gasteiger partial charge on any atom is -0.337 e. The molecule has 2 aromatic carbocycles. The third-order valence-electron chi connectivity index (χ3n) is 4.99. The number of carbonyl (C=O) groups excluding carboxylic acids is 1. The second kappa shape index (κ2) is 7.43. The van der Waals surface area contributed by atoms with Crippen LogP contribution in [0.1, 0.15) is 17.3 Å². The molecule has 0 saturated carbocycles. The van der Waals surface area contributed by atoms with Crippen LogP contribution in [-0.4, -0.2) is 37.4 Å². The number of amides is 1. The predicted octanol–water partition coefficient (Wildman–Crippen LogP) is 2.62. The van der Waals surface area contributed by atoms with E-state index >= 15 is 0 Å². The van der Waals surface area contributed by atoms with Crippen LogP contribution in [0.5, 0.6) is 0 Å². The van der Waals surface area contributed by atoms with Gasteiger partial charge in [-0.05, 0) is 32.0 Å². The van der Waals surface area contributed by atoms with Gasteiger partial charge in [-0.1, -0.05) is 30.3 Å². The average Bonchev–Trinajstić information content (AvgIpc) is 2.71. The number of likely N-dealkylation sites (N-methyl/N-ethyl adjacent to an activating group) is 1. The van der Waals surface area contributed by atoms with Gasteiger partial charge < -0.3 is 4.90 Å². The molecule has 2 heterocycles. The molecule has 4 aromatic rings. The molecular weight excluding hydrogens is 366 g/mol. The van der Waals surface area contributed by atoms with E-state index in [0.29, 0.717) is 22.6 Å². The molecule has 0 aliphatic rings. The second-order valence-electron chi connectivity index (χ2n) is 7.06. The van der Waals surface area contributed by atoms with Crippen molar-refractivity contribution < 1.29 is 4.79 Å². The fourth-order valence-corrected chi connectivity index (χ4v) is 3.39. The first-order valence-electron chi connectivity index (χ1n) is 9.36. The predicted molar refractivity (Wildman–Crippen MR) is 111 cm³/mol. The first-order valence-corrected chi connectivity index (χ1v) is 9.36. The van der Waals surface area contributed by atoms with Crippen molar-refractivity contribution in [2.75, 3.05) is 7.05 Å². The zero-order valence-corrected chi connectivity index (χ0v) is 16.6. The Bertz CT molecular complexity index is 1300. The summed E-state index contributed by atoms with van der Waals surface area (Å²) in [6.45, 7) is 3.85. The first-order chi connectivity index (χ1) is 13.9. The van der Waals surface area contributed by atoms with E-state index in [1.54, 1.807) is 32.2 Å². The SMILES string of the molecule is Cc1nc(CN(C)C(=O)Cn2c(C)nc3ccccc3c2=O)nc2ccccc12. The van der Waals surface area contributed by atoms with Crippen molar-refractivity contribution in [1.29, 1.82) is 0 Å². The summed E-state index contributed by atoms with van der Waals surface area (Å²) in [6.07, 6.45) is 0. The van der Waals surface area contributed by atoms with Crippen molar-refractivity contribution in [3.63, 3.8) is 0 Å². The largest absolute Gasteiger partial charge is 0.337 e. The van der Waals surface area contributed by atoms with Crippen molar-refractivity contribution in [2.24, 2.45) is 0 Å². The maximum atomic E-state index is 12.8. The minimum absolute atomic E-state index is 0.0778. The zero-order chi connectivity index (χ0) is 20.5. The summed E-state index contributed by atoms with van der Waals surface area (Å²) < 4.78 is 1.41. The van der Waals surface area contributed by atoms with E-state index in [2.05, 4.69) is 15.0 Å². The molecule has 0 aliphatic carbocycles. The Kier molecular flexibility index (Phi) is 4.80. The van der Waals surface area contributed by atoms with Gasteiger partial charge in [0.2, 0.25) is 5.91 Å². The molecule has 0 saturated heterocycles. The highest BCUT2D eigenvalue weighted by Gasteiger charge is 2.16. The summed E-state index contributed by atoms with van der Waals surface area (Å²) in [5.74, 6) is 0.868. The van der Waals surface area contributed by atoms with Gasteiger partial charge in [0.25, 0.3) is 5.56 Å². The number of hydrogen-bond acceptors (Lipinski definition) is 5. The molecule has 0 bridgehead atoms. The maximum Gasteiger partial charge on any atom is 0.261 e. The summed E-state index contributed by atoms with van der Waals surface area (Å²) in [5.41, 5.74) is 2.14. The van der Waals surface area contributed by atoms with Crippen LogP contribution < -0.4 is 5.56 Å². The van der Waals surface area contributed by atoms with Gasteiger partial charge in [0, 0.05) is 18.1 Å². The number of carbonyl (C=O) groups is 1. The monoisotopic (exact) mass is 387 g/mol. The minimum atomic E-state index is -0.215. The van der Waals surface area contributed by atoms with Crippen molar-refractivity contribution in [2.45, 2.75) is 26.9 Å². The lowest BCUT2D eigenvalue weighted by Crippen LogP contribution is -2.35. The highest BCUT2D eigenvalue weighted by Crippen LogP contribution is 2.15. The molecule has 4 rings (SSSR count). The third-order valence-corrected chi connectivity index (χ3v) is 4.99. The van der Waals surface area contributed by atoms with Gasteiger partial charge in [-0.25, -0.2) is 15.0 Å². The lowest BCUT2D eigenvalue weighted by Gasteiger charge is -2.18. The van der Waals surface area contributed by atoms with E-state index in [9.17, 15) is 9.59 Å². The van der Waals surface area contributed by atoms with Gasteiger partial charge in [0.05, 0.1) is 23.0 Å². The van der Waals surface area contributed by atoms with Gasteiger partial charge >= 0.3 is 0 Å². The van der Waals surface area contributed by atoms with Gasteiger partial charge in [-0.15, -0.1) is 0 Å². The van der Waals surface area contributed by atoms with Crippen LogP contribution in [0.25, 0.3) is 21.8 Å². The summed E-state index contributed by atoms with van der Waals surface area (Å²) >= 11 is 0. The average molecular weight is 387 g/mol. The Balaban J connectivity index is 1.58. The van der Waals surface area contributed by atoms with Gasteiger partial charge in [-0.3, -0.25) is 14.2 Å². The summed E-state index contributed by atoms with van der Waals surface area (Å²) in [4.78, 5) is 40.6. The molecule has 7 nitrogen and oxygen atoms in total. The molecule has 2 aromatic heterocycles. The third kappa shape index (κ3) is 3.59. The van der Waals surface area contributed by atoms with Crippen molar-refractivity contribution >= 4 is 27.7 Å². The molecule has 0 spiro atoms. The number of benzene rings is 2. The van der Waals surface area contributed by atoms with Crippen LogP contribution in [0.4, 0.5) is 0 Å². The quantitative estimate of drug-likeness (QED) is 0.538. The van der Waals surface area contributed by atoms with E-state index in [1.165, 1.54) is 9.47 Å². The van der Waals surface area contributed by atoms with Crippen LogP contribution in [-0.2, 0) is 17.9 Å². The summed E-state index contributed by atoms with van der Waals surface area (Å²) in [6, 6.07) is 14.9. The molecule has 0 aliphatic heterocycles. The van der Waals surface area contributed by atoms with E-state index in [4.69, 9.17) is 0 Å². The highest BCUT2D eigenvalue weighted by atomic mass is 16.2. The summed E-state index contributed by atoms with van der Waals surface area (Å²) in [7, 11) is 1.69. The Morgan fingerprint density at radius 2 is 1.55 bits per heavy atom. The molecule has 0 unspecified atom stereocenters. The molecule has 1 amide bonds. The second-order valence-corrected chi connectivity index (χ2v) is 7.06. The topological polar surface area (TPSA) is 81.0 Å². The molecule has 0 radical (unpaired) electrons. The number of para-hydroxylation sites is 2. The maximum absolute atomic E-state index is 12.8. The number of hydrogen-bond donors (Lipinski definition) is 0. The van der Waals surface area contributed by atoms with Crippen LogP contribution in [0.15, 0.2) is 53.3 Å². The molecular formula is C22H21N5O2. The van der Waals surface area contributed by atoms with Gasteiger partial charge in [0.15, 0.2) is 0 Å². The molecule has 7 heteroatoms. The number of aryl methyl sites for hydroxylation is 2. The van der Waals surface area contributed by atoms with Gasteiger partial charge in [0.1, 0.15) is 18.2 Å². The van der Waals surface area contributed by atoms with Crippen LogP contribution >= 0.6 is 0 Å². The van der Waals surface area contributed by atoms with Crippen LogP contribution in [0.3, 0.4) is 0 Å². The molecule has 0 N–H and O–H groups in total. The fourth-order valence-electron chi connectivity index (χ4n) is 3.39. The van der Waals surface area contributed by atoms with Crippen molar-refractivity contribution in [3.8, 4) is 0 Å².